The van der Waals surface area contributed by atoms with Crippen LogP contribution in [0.15, 0.2) is 29.9 Å². The highest BCUT2D eigenvalue weighted by atomic mass is 14.7. The van der Waals surface area contributed by atoms with Crippen molar-refractivity contribution in [2.24, 2.45) is 10.9 Å². The van der Waals surface area contributed by atoms with Gasteiger partial charge in [-0.15, -0.1) is 0 Å². The predicted molar refractivity (Wildman–Crippen MR) is 56.5 cm³/mol. The first-order valence-electron chi connectivity index (χ1n) is 4.56. The summed E-state index contributed by atoms with van der Waals surface area (Å²) in [6, 6.07) is 0. The second-order valence-electron chi connectivity index (χ2n) is 3.10. The fraction of sp³-hybridized carbons (Fsp3) is 0.545. The van der Waals surface area contributed by atoms with E-state index in [1.807, 2.05) is 12.3 Å². The topological polar surface area (TPSA) is 12.4 Å². The van der Waals surface area contributed by atoms with Crippen molar-refractivity contribution in [3.8, 4) is 0 Å². The van der Waals surface area contributed by atoms with Crippen molar-refractivity contribution in [3.05, 3.63) is 24.9 Å². The average Bonchev–Trinajstić information content (AvgIpc) is 2.03. The van der Waals surface area contributed by atoms with Gasteiger partial charge in [0, 0.05) is 11.9 Å². The van der Waals surface area contributed by atoms with Crippen LogP contribution in [0.25, 0.3) is 0 Å². The zero-order valence-electron chi connectivity index (χ0n) is 8.38. The SMILES string of the molecule is C=C/C=C\N=C(CCC)C(C)C. The summed E-state index contributed by atoms with van der Waals surface area (Å²) in [5.41, 5.74) is 1.27. The van der Waals surface area contributed by atoms with Crippen molar-refractivity contribution in [2.75, 3.05) is 0 Å². The van der Waals surface area contributed by atoms with Crippen molar-refractivity contribution in [3.63, 3.8) is 0 Å². The van der Waals surface area contributed by atoms with Crippen molar-refractivity contribution < 1.29 is 0 Å². The molecule has 0 radical (unpaired) electrons. The Kier molecular flexibility index (Phi) is 6.35. The molecule has 0 rings (SSSR count). The lowest BCUT2D eigenvalue weighted by molar-refractivity contribution is 0.828. The predicted octanol–water partition coefficient (Wildman–Crippen LogP) is 3.58. The van der Waals surface area contributed by atoms with Crippen LogP contribution in [0.4, 0.5) is 0 Å². The highest BCUT2D eigenvalue weighted by Gasteiger charge is 2.01. The van der Waals surface area contributed by atoms with E-state index >= 15 is 0 Å². The fourth-order valence-electron chi connectivity index (χ4n) is 0.958. The highest BCUT2D eigenvalue weighted by Crippen LogP contribution is 2.04. The van der Waals surface area contributed by atoms with Gasteiger partial charge < -0.3 is 0 Å². The maximum Gasteiger partial charge on any atom is 0.0267 e. The molecular weight excluding hydrogens is 146 g/mol. The van der Waals surface area contributed by atoms with E-state index in [0.29, 0.717) is 5.92 Å². The van der Waals surface area contributed by atoms with Crippen LogP contribution in [0.3, 0.4) is 0 Å². The first-order chi connectivity index (χ1) is 5.72. The van der Waals surface area contributed by atoms with Gasteiger partial charge in [-0.3, -0.25) is 4.99 Å². The summed E-state index contributed by atoms with van der Waals surface area (Å²) in [7, 11) is 0. The molecule has 0 aromatic rings. The van der Waals surface area contributed by atoms with E-state index in [-0.39, 0.29) is 0 Å². The van der Waals surface area contributed by atoms with Gasteiger partial charge in [0.2, 0.25) is 0 Å². The van der Waals surface area contributed by atoms with Crippen LogP contribution < -0.4 is 0 Å². The molecule has 0 unspecified atom stereocenters. The number of allylic oxidation sites excluding steroid dienone is 2. The summed E-state index contributed by atoms with van der Waals surface area (Å²) in [6.07, 6.45) is 7.68. The molecule has 0 aliphatic rings. The van der Waals surface area contributed by atoms with Crippen LogP contribution in [0.1, 0.15) is 33.6 Å². The molecule has 0 amide bonds. The Morgan fingerprint density at radius 3 is 2.58 bits per heavy atom. The molecule has 0 aromatic carbocycles. The molecule has 0 aliphatic heterocycles. The minimum atomic E-state index is 0.555. The Labute approximate surface area is 75.9 Å². The molecule has 1 heteroatoms. The fourth-order valence-corrected chi connectivity index (χ4v) is 0.958. The Bertz CT molecular complexity index is 175. The molecular formula is C11H19N. The molecule has 0 aliphatic carbocycles. The number of hydrogen-bond donors (Lipinski definition) is 0. The number of nitrogens with zero attached hydrogens (tertiary/aromatic N) is 1. The van der Waals surface area contributed by atoms with Gasteiger partial charge in [-0.25, -0.2) is 0 Å². The molecule has 0 fully saturated rings. The van der Waals surface area contributed by atoms with Crippen molar-refractivity contribution >= 4 is 5.71 Å². The second-order valence-corrected chi connectivity index (χ2v) is 3.10. The van der Waals surface area contributed by atoms with Gasteiger partial charge in [-0.1, -0.05) is 39.8 Å². The number of hydrogen-bond acceptors (Lipinski definition) is 1. The molecule has 0 atom stereocenters. The molecule has 0 spiro atoms. The van der Waals surface area contributed by atoms with Gasteiger partial charge in [0.25, 0.3) is 0 Å². The van der Waals surface area contributed by atoms with E-state index in [1.165, 1.54) is 12.1 Å². The molecule has 68 valence electrons. The maximum atomic E-state index is 4.37. The lowest BCUT2D eigenvalue weighted by Crippen LogP contribution is -2.05. The molecule has 0 saturated carbocycles. The van der Waals surface area contributed by atoms with Gasteiger partial charge in [0.05, 0.1) is 0 Å². The van der Waals surface area contributed by atoms with Crippen LogP contribution >= 0.6 is 0 Å². The third-order valence-electron chi connectivity index (χ3n) is 1.64. The normalized spacial score (nSPS) is 12.8. The standard InChI is InChI=1S/C11H19N/c1-5-7-9-12-11(8-6-2)10(3)4/h5,7,9-10H,1,6,8H2,2-4H3/b9-7-,12-11?. The van der Waals surface area contributed by atoms with E-state index in [1.54, 1.807) is 6.08 Å². The summed E-state index contributed by atoms with van der Waals surface area (Å²) in [4.78, 5) is 4.37. The summed E-state index contributed by atoms with van der Waals surface area (Å²) >= 11 is 0. The summed E-state index contributed by atoms with van der Waals surface area (Å²) in [5.74, 6) is 0.555. The largest absolute Gasteiger partial charge is 0.265 e. The minimum absolute atomic E-state index is 0.555. The van der Waals surface area contributed by atoms with E-state index < -0.39 is 0 Å². The van der Waals surface area contributed by atoms with Crippen molar-refractivity contribution in [1.29, 1.82) is 0 Å². The summed E-state index contributed by atoms with van der Waals surface area (Å²) in [6.45, 7) is 10.1. The zero-order valence-corrected chi connectivity index (χ0v) is 8.38. The van der Waals surface area contributed by atoms with Gasteiger partial charge in [0.15, 0.2) is 0 Å². The summed E-state index contributed by atoms with van der Waals surface area (Å²) in [5, 5.41) is 0. The lowest BCUT2D eigenvalue weighted by atomic mass is 10.0. The monoisotopic (exact) mass is 165 g/mol. The van der Waals surface area contributed by atoms with Crippen LogP contribution in [0.2, 0.25) is 0 Å². The van der Waals surface area contributed by atoms with E-state index in [4.69, 9.17) is 0 Å². The van der Waals surface area contributed by atoms with E-state index in [2.05, 4.69) is 32.3 Å². The van der Waals surface area contributed by atoms with Crippen LogP contribution in [0.5, 0.6) is 0 Å². The van der Waals surface area contributed by atoms with Gasteiger partial charge in [0.1, 0.15) is 0 Å². The highest BCUT2D eigenvalue weighted by molar-refractivity contribution is 5.86. The van der Waals surface area contributed by atoms with Crippen molar-refractivity contribution in [1.82, 2.24) is 0 Å². The van der Waals surface area contributed by atoms with Crippen molar-refractivity contribution in [2.45, 2.75) is 33.6 Å². The molecule has 1 nitrogen and oxygen atoms in total. The Morgan fingerprint density at radius 1 is 1.50 bits per heavy atom. The first-order valence-corrected chi connectivity index (χ1v) is 4.56. The summed E-state index contributed by atoms with van der Waals surface area (Å²) < 4.78 is 0. The zero-order chi connectivity index (χ0) is 9.40. The van der Waals surface area contributed by atoms with Gasteiger partial charge >= 0.3 is 0 Å². The second kappa shape index (κ2) is 6.84. The molecule has 0 N–H and O–H groups in total. The minimum Gasteiger partial charge on any atom is -0.265 e. The molecule has 0 bridgehead atoms. The molecule has 0 saturated heterocycles. The van der Waals surface area contributed by atoms with Gasteiger partial charge in [-0.05, 0) is 18.4 Å². The third-order valence-corrected chi connectivity index (χ3v) is 1.64. The van der Waals surface area contributed by atoms with E-state index in [0.717, 1.165) is 6.42 Å². The average molecular weight is 165 g/mol. The number of rotatable bonds is 5. The Balaban J connectivity index is 4.17. The Morgan fingerprint density at radius 2 is 2.17 bits per heavy atom. The maximum absolute atomic E-state index is 4.37. The molecule has 0 heterocycles. The molecule has 0 aromatic heterocycles. The molecule has 12 heavy (non-hydrogen) atoms. The quantitative estimate of drug-likeness (QED) is 0.436. The first kappa shape index (κ1) is 11.2. The third kappa shape index (κ3) is 4.89. The number of aliphatic imine (C=N–C) groups is 1. The van der Waals surface area contributed by atoms with E-state index in [9.17, 15) is 0 Å². The lowest BCUT2D eigenvalue weighted by Gasteiger charge is -2.06. The smallest absolute Gasteiger partial charge is 0.0267 e. The van der Waals surface area contributed by atoms with Crippen LogP contribution in [-0.4, -0.2) is 5.71 Å². The van der Waals surface area contributed by atoms with Crippen LogP contribution in [0, 0.1) is 5.92 Å². The van der Waals surface area contributed by atoms with Crippen LogP contribution in [-0.2, 0) is 0 Å². The Hall–Kier alpha value is -0.850. The van der Waals surface area contributed by atoms with Gasteiger partial charge in [-0.2, -0.15) is 0 Å².